The average Bonchev–Trinajstić information content (AvgIpc) is 3.18. The molecule has 0 aromatic carbocycles. The molecule has 1 aliphatic heterocycles. The minimum Gasteiger partial charge on any atom is -0.393 e. The maximum Gasteiger partial charge on any atom is 0.139 e. The van der Waals surface area contributed by atoms with E-state index in [1.165, 1.54) is 38.5 Å². The molecule has 1 heterocycles. The fraction of sp³-hybridized carbons (Fsp3) is 0.964. The molecule has 1 N–H and O–H groups in total. The first-order valence-corrected chi connectivity index (χ1v) is 13.5. The maximum atomic E-state index is 14.1. The molecule has 5 aliphatic carbocycles. The van der Waals surface area contributed by atoms with Crippen molar-refractivity contribution >= 4 is 5.78 Å². The Balaban J connectivity index is 1.30. The first-order chi connectivity index (χ1) is 14.7. The normalized spacial score (nSPS) is 60.9. The monoisotopic (exact) mass is 428 g/mol. The van der Waals surface area contributed by atoms with E-state index >= 15 is 0 Å². The number of fused-ring (bicyclic) bond motifs is 7. The number of carbonyl (C=O) groups excluding carboxylic acids is 1. The molecule has 0 aromatic heterocycles. The first-order valence-electron chi connectivity index (χ1n) is 13.5. The summed E-state index contributed by atoms with van der Waals surface area (Å²) >= 11 is 0. The predicted octanol–water partition coefficient (Wildman–Crippen LogP) is 5.64. The van der Waals surface area contributed by atoms with Gasteiger partial charge in [0, 0.05) is 18.4 Å². The molecule has 6 aliphatic rings. The van der Waals surface area contributed by atoms with Crippen molar-refractivity contribution in [3.05, 3.63) is 0 Å². The number of hydrogen-bond acceptors (Lipinski definition) is 3. The van der Waals surface area contributed by atoms with Crippen LogP contribution in [0.2, 0.25) is 0 Å². The lowest BCUT2D eigenvalue weighted by Gasteiger charge is -2.60. The van der Waals surface area contributed by atoms with Crippen LogP contribution < -0.4 is 0 Å². The molecule has 31 heavy (non-hydrogen) atoms. The first kappa shape index (κ1) is 21.1. The van der Waals surface area contributed by atoms with Gasteiger partial charge < -0.3 is 9.84 Å². The molecule has 5 saturated carbocycles. The average molecular weight is 429 g/mol. The zero-order valence-electron chi connectivity index (χ0n) is 20.2. The fourth-order valence-corrected chi connectivity index (χ4v) is 10.7. The van der Waals surface area contributed by atoms with E-state index < -0.39 is 0 Å². The SMILES string of the molecule is CC1CCC2(CC3CC4C5CCC6CC(O)CCC6(C)C5CC(=O)C4(C)C3C2C)OC1. The second-order valence-corrected chi connectivity index (χ2v) is 13.5. The molecule has 3 heteroatoms. The molecule has 12 atom stereocenters. The van der Waals surface area contributed by atoms with E-state index in [0.29, 0.717) is 47.2 Å². The molecular weight excluding hydrogens is 384 g/mol. The van der Waals surface area contributed by atoms with Crippen LogP contribution in [0.5, 0.6) is 0 Å². The Morgan fingerprint density at radius 3 is 2.55 bits per heavy atom. The molecule has 0 bridgehead atoms. The molecule has 3 nitrogen and oxygen atoms in total. The van der Waals surface area contributed by atoms with Crippen LogP contribution in [-0.4, -0.2) is 29.2 Å². The fourth-order valence-electron chi connectivity index (χ4n) is 10.7. The zero-order valence-corrected chi connectivity index (χ0v) is 20.2. The number of carbonyl (C=O) groups is 1. The Labute approximate surface area is 189 Å². The van der Waals surface area contributed by atoms with Gasteiger partial charge in [0.1, 0.15) is 5.78 Å². The highest BCUT2D eigenvalue weighted by molar-refractivity contribution is 5.87. The smallest absolute Gasteiger partial charge is 0.139 e. The van der Waals surface area contributed by atoms with Crippen LogP contribution >= 0.6 is 0 Å². The zero-order chi connectivity index (χ0) is 21.8. The lowest BCUT2D eigenvalue weighted by Crippen LogP contribution is -2.58. The standard InChI is InChI=1S/C28H44O3/c1-16-7-10-28(31-15-16)14-18-11-23-21-6-5-19-12-20(29)8-9-26(19,3)22(21)13-24(30)27(23,4)25(18)17(28)2/h16-23,25,29H,5-15H2,1-4H3. The van der Waals surface area contributed by atoms with E-state index in [9.17, 15) is 9.90 Å². The van der Waals surface area contributed by atoms with Gasteiger partial charge in [-0.05, 0) is 111 Å². The third kappa shape index (κ3) is 2.69. The highest BCUT2D eigenvalue weighted by Gasteiger charge is 2.70. The Kier molecular flexibility index (Phi) is 4.65. The summed E-state index contributed by atoms with van der Waals surface area (Å²) in [6.07, 6.45) is 11.2. The van der Waals surface area contributed by atoms with Crippen LogP contribution in [-0.2, 0) is 9.53 Å². The van der Waals surface area contributed by atoms with Gasteiger partial charge in [0.25, 0.3) is 0 Å². The van der Waals surface area contributed by atoms with Gasteiger partial charge in [-0.15, -0.1) is 0 Å². The van der Waals surface area contributed by atoms with Gasteiger partial charge in [0.05, 0.1) is 11.7 Å². The molecule has 0 radical (unpaired) electrons. The third-order valence-corrected chi connectivity index (χ3v) is 12.5. The van der Waals surface area contributed by atoms with E-state index in [1.54, 1.807) is 0 Å². The van der Waals surface area contributed by atoms with Crippen LogP contribution in [0.3, 0.4) is 0 Å². The number of ether oxygens (including phenoxy) is 1. The summed E-state index contributed by atoms with van der Waals surface area (Å²) in [4.78, 5) is 14.1. The Bertz CT molecular complexity index is 753. The minimum atomic E-state index is -0.126. The van der Waals surface area contributed by atoms with E-state index in [-0.39, 0.29) is 22.5 Å². The van der Waals surface area contributed by atoms with Gasteiger partial charge >= 0.3 is 0 Å². The molecule has 0 amide bonds. The summed E-state index contributed by atoms with van der Waals surface area (Å²) in [5.74, 6) is 5.47. The summed E-state index contributed by atoms with van der Waals surface area (Å²) in [5, 5.41) is 10.3. The quantitative estimate of drug-likeness (QED) is 0.543. The largest absolute Gasteiger partial charge is 0.393 e. The third-order valence-electron chi connectivity index (χ3n) is 12.5. The van der Waals surface area contributed by atoms with E-state index in [1.807, 2.05) is 0 Å². The highest BCUT2D eigenvalue weighted by atomic mass is 16.5. The molecule has 1 saturated heterocycles. The number of rotatable bonds is 0. The summed E-state index contributed by atoms with van der Waals surface area (Å²) in [6, 6.07) is 0. The topological polar surface area (TPSA) is 46.5 Å². The molecule has 0 aromatic rings. The summed E-state index contributed by atoms with van der Waals surface area (Å²) in [7, 11) is 0. The van der Waals surface area contributed by atoms with Gasteiger partial charge in [-0.2, -0.15) is 0 Å². The number of hydrogen-bond donors (Lipinski definition) is 1. The van der Waals surface area contributed by atoms with E-state index in [2.05, 4.69) is 27.7 Å². The molecule has 6 fully saturated rings. The van der Waals surface area contributed by atoms with Crippen molar-refractivity contribution in [3.8, 4) is 0 Å². The number of aliphatic hydroxyl groups is 1. The maximum absolute atomic E-state index is 14.1. The van der Waals surface area contributed by atoms with Crippen LogP contribution in [0.15, 0.2) is 0 Å². The van der Waals surface area contributed by atoms with E-state index in [4.69, 9.17) is 4.74 Å². The lowest BCUT2D eigenvalue weighted by atomic mass is 9.44. The van der Waals surface area contributed by atoms with Crippen molar-refractivity contribution in [2.75, 3.05) is 6.61 Å². The molecule has 174 valence electrons. The van der Waals surface area contributed by atoms with Crippen molar-refractivity contribution < 1.29 is 14.6 Å². The molecule has 12 unspecified atom stereocenters. The second-order valence-electron chi connectivity index (χ2n) is 13.5. The van der Waals surface area contributed by atoms with Crippen molar-refractivity contribution in [3.63, 3.8) is 0 Å². The highest BCUT2D eigenvalue weighted by Crippen LogP contribution is 2.72. The molecule has 6 rings (SSSR count). The van der Waals surface area contributed by atoms with Gasteiger partial charge in [0.15, 0.2) is 0 Å². The van der Waals surface area contributed by atoms with Gasteiger partial charge in [-0.3, -0.25) is 4.79 Å². The van der Waals surface area contributed by atoms with Crippen molar-refractivity contribution in [2.45, 2.75) is 104 Å². The van der Waals surface area contributed by atoms with E-state index in [0.717, 1.165) is 38.2 Å². The minimum absolute atomic E-state index is 0.0517. The molecular formula is C28H44O3. The predicted molar refractivity (Wildman–Crippen MR) is 121 cm³/mol. The van der Waals surface area contributed by atoms with Crippen LogP contribution in [0, 0.1) is 58.2 Å². The van der Waals surface area contributed by atoms with Crippen molar-refractivity contribution in [1.29, 1.82) is 0 Å². The number of Topliss-reactive ketones (excluding diaryl/α,β-unsaturated/α-hetero) is 1. The molecule has 1 spiro atoms. The summed E-state index contributed by atoms with van der Waals surface area (Å²) in [5.41, 5.74) is 0.195. The summed E-state index contributed by atoms with van der Waals surface area (Å²) < 4.78 is 6.62. The van der Waals surface area contributed by atoms with Gasteiger partial charge in [-0.1, -0.05) is 27.7 Å². The Hall–Kier alpha value is -0.410. The van der Waals surface area contributed by atoms with Gasteiger partial charge in [0.2, 0.25) is 0 Å². The Morgan fingerprint density at radius 2 is 1.81 bits per heavy atom. The van der Waals surface area contributed by atoms with Crippen LogP contribution in [0.25, 0.3) is 0 Å². The van der Waals surface area contributed by atoms with Crippen molar-refractivity contribution in [1.82, 2.24) is 0 Å². The van der Waals surface area contributed by atoms with Crippen molar-refractivity contribution in [2.24, 2.45) is 58.2 Å². The van der Waals surface area contributed by atoms with Crippen LogP contribution in [0.4, 0.5) is 0 Å². The Morgan fingerprint density at radius 1 is 1.00 bits per heavy atom. The number of ketones is 1. The summed E-state index contributed by atoms with van der Waals surface area (Å²) in [6.45, 7) is 10.5. The van der Waals surface area contributed by atoms with Gasteiger partial charge in [-0.25, -0.2) is 0 Å². The second kappa shape index (κ2) is 6.81. The lowest BCUT2D eigenvalue weighted by molar-refractivity contribution is -0.168. The number of aliphatic hydroxyl groups excluding tert-OH is 1. The van der Waals surface area contributed by atoms with Crippen LogP contribution in [0.1, 0.15) is 91.9 Å².